The normalized spacial score (nSPS) is 16.4. The lowest BCUT2D eigenvalue weighted by Crippen LogP contribution is -2.29. The molecule has 32 heavy (non-hydrogen) atoms. The third-order valence-corrected chi connectivity index (χ3v) is 5.73. The Hall–Kier alpha value is -4.08. The number of nitrogens with one attached hydrogen (secondary N) is 1. The second-order valence-corrected chi connectivity index (χ2v) is 7.53. The number of aromatic nitrogens is 3. The molecule has 2 amide bonds. The fraction of sp³-hybridized carbons (Fsp3) is 0.136. The van der Waals surface area contributed by atoms with Gasteiger partial charge in [0.05, 0.1) is 18.0 Å². The lowest BCUT2D eigenvalue weighted by molar-refractivity contribution is 0.218. The lowest BCUT2D eigenvalue weighted by Gasteiger charge is -2.18. The quantitative estimate of drug-likeness (QED) is 0.501. The van der Waals surface area contributed by atoms with Gasteiger partial charge in [-0.25, -0.2) is 27.9 Å². The molecule has 0 saturated carbocycles. The van der Waals surface area contributed by atoms with E-state index in [1.165, 1.54) is 35.3 Å². The zero-order valence-corrected chi connectivity index (χ0v) is 16.8. The molecule has 1 fully saturated rings. The number of hydrogen-bond donors (Lipinski definition) is 2. The van der Waals surface area contributed by atoms with E-state index in [1.54, 1.807) is 12.3 Å². The Balaban J connectivity index is 1.50. The molecule has 5 rings (SSSR count). The number of rotatable bonds is 3. The van der Waals surface area contributed by atoms with E-state index in [1.807, 2.05) is 0 Å². The van der Waals surface area contributed by atoms with Crippen LogP contribution in [0.5, 0.6) is 0 Å². The summed E-state index contributed by atoms with van der Waals surface area (Å²) >= 11 is 0. The molecular weight excluding hydrogens is 421 g/mol. The first-order chi connectivity index (χ1) is 15.3. The predicted octanol–water partition coefficient (Wildman–Crippen LogP) is 4.24. The van der Waals surface area contributed by atoms with Gasteiger partial charge in [0.15, 0.2) is 0 Å². The third kappa shape index (κ3) is 3.03. The Morgan fingerprint density at radius 3 is 2.66 bits per heavy atom. The lowest BCUT2D eigenvalue weighted by atomic mass is 10.0. The van der Waals surface area contributed by atoms with E-state index < -0.39 is 29.5 Å². The number of urea groups is 1. The number of nitrogens with zero attached hydrogens (tertiary/aromatic N) is 4. The fourth-order valence-corrected chi connectivity index (χ4v) is 4.08. The number of fused-ring (bicyclic) bond motifs is 1. The number of carbonyl (C=O) groups is 1. The van der Waals surface area contributed by atoms with Gasteiger partial charge in [-0.2, -0.15) is 0 Å². The summed E-state index contributed by atoms with van der Waals surface area (Å²) in [5.41, 5.74) is 7.53. The summed E-state index contributed by atoms with van der Waals surface area (Å²) in [5, 5.41) is 0.498. The Morgan fingerprint density at radius 1 is 1.06 bits per heavy atom. The van der Waals surface area contributed by atoms with Gasteiger partial charge in [-0.05, 0) is 36.4 Å². The number of amides is 2. The van der Waals surface area contributed by atoms with Gasteiger partial charge in [0, 0.05) is 35.6 Å². The zero-order valence-electron chi connectivity index (χ0n) is 16.8. The number of halogens is 3. The molecule has 3 N–H and O–H groups in total. The van der Waals surface area contributed by atoms with Gasteiger partial charge in [-0.3, -0.25) is 4.90 Å². The predicted molar refractivity (Wildman–Crippen MR) is 113 cm³/mol. The van der Waals surface area contributed by atoms with Gasteiger partial charge in [-0.15, -0.1) is 0 Å². The van der Waals surface area contributed by atoms with Crippen molar-refractivity contribution >= 4 is 28.6 Å². The minimum absolute atomic E-state index is 0.0440. The third-order valence-electron chi connectivity index (χ3n) is 5.73. The van der Waals surface area contributed by atoms with Crippen LogP contribution in [0.3, 0.4) is 0 Å². The number of nitrogens with two attached hydrogens (primary N) is 1. The number of carbonyl (C=O) groups excluding carboxylic acids is 1. The average molecular weight is 438 g/mol. The first kappa shape index (κ1) is 19.9. The first-order valence-corrected chi connectivity index (χ1v) is 9.72. The van der Waals surface area contributed by atoms with Crippen LogP contribution < -0.4 is 10.6 Å². The number of benzene rings is 2. The first-order valence-electron chi connectivity index (χ1n) is 9.72. The second kappa shape index (κ2) is 7.26. The van der Waals surface area contributed by atoms with Crippen LogP contribution >= 0.6 is 0 Å². The van der Waals surface area contributed by atoms with Crippen molar-refractivity contribution in [3.05, 3.63) is 71.9 Å². The number of likely N-dealkylation sites (N-methyl/N-ethyl adjacent to an activating group) is 1. The molecular formula is C22H17F3N6O. The molecule has 1 aliphatic heterocycles. The number of nitrogen functional groups attached to an aromatic ring is 1. The Morgan fingerprint density at radius 2 is 1.88 bits per heavy atom. The van der Waals surface area contributed by atoms with Crippen molar-refractivity contribution in [3.63, 3.8) is 0 Å². The minimum Gasteiger partial charge on any atom is -0.383 e. The molecule has 0 aliphatic carbocycles. The van der Waals surface area contributed by atoms with Crippen molar-refractivity contribution in [2.75, 3.05) is 24.2 Å². The second-order valence-electron chi connectivity index (χ2n) is 7.53. The van der Waals surface area contributed by atoms with Crippen LogP contribution in [0.2, 0.25) is 0 Å². The highest BCUT2D eigenvalue weighted by Gasteiger charge is 2.38. The fourth-order valence-electron chi connectivity index (χ4n) is 4.08. The van der Waals surface area contributed by atoms with Gasteiger partial charge >= 0.3 is 6.03 Å². The van der Waals surface area contributed by atoms with Crippen LogP contribution in [0.1, 0.15) is 11.6 Å². The van der Waals surface area contributed by atoms with E-state index in [-0.39, 0.29) is 23.5 Å². The molecule has 1 atom stereocenters. The van der Waals surface area contributed by atoms with Crippen molar-refractivity contribution in [2.24, 2.45) is 0 Å². The highest BCUT2D eigenvalue weighted by Crippen LogP contribution is 2.37. The van der Waals surface area contributed by atoms with Crippen LogP contribution in [0.4, 0.5) is 29.5 Å². The van der Waals surface area contributed by atoms with E-state index in [0.29, 0.717) is 22.3 Å². The highest BCUT2D eigenvalue weighted by molar-refractivity contribution is 6.01. The minimum atomic E-state index is -0.716. The molecule has 1 aliphatic rings. The number of H-pyrrole nitrogens is 1. The molecule has 3 heterocycles. The van der Waals surface area contributed by atoms with Crippen LogP contribution in [0.15, 0.2) is 48.9 Å². The number of anilines is 2. The zero-order chi connectivity index (χ0) is 22.6. The maximum atomic E-state index is 15.1. The van der Waals surface area contributed by atoms with Crippen LogP contribution in [0.25, 0.3) is 22.2 Å². The summed E-state index contributed by atoms with van der Waals surface area (Å²) in [5.74, 6) is -1.58. The number of hydrogen-bond acceptors (Lipinski definition) is 4. The van der Waals surface area contributed by atoms with E-state index >= 15 is 4.39 Å². The van der Waals surface area contributed by atoms with E-state index in [0.717, 1.165) is 18.2 Å². The molecule has 0 bridgehead atoms. The van der Waals surface area contributed by atoms with Crippen LogP contribution in [0, 0.1) is 17.5 Å². The average Bonchev–Trinajstić information content (AvgIpc) is 3.32. The maximum absolute atomic E-state index is 15.1. The Labute approximate surface area is 180 Å². The molecule has 2 aromatic carbocycles. The summed E-state index contributed by atoms with van der Waals surface area (Å²) < 4.78 is 43.1. The van der Waals surface area contributed by atoms with Gasteiger partial charge in [-0.1, -0.05) is 0 Å². The molecule has 1 saturated heterocycles. The highest BCUT2D eigenvalue weighted by atomic mass is 19.1. The maximum Gasteiger partial charge on any atom is 0.324 e. The molecule has 10 heteroatoms. The summed E-state index contributed by atoms with van der Waals surface area (Å²) in [7, 11) is 1.50. The topological polar surface area (TPSA) is 91.1 Å². The van der Waals surface area contributed by atoms with E-state index in [2.05, 4.69) is 15.0 Å². The Kier molecular flexibility index (Phi) is 4.50. The van der Waals surface area contributed by atoms with Crippen molar-refractivity contribution in [1.29, 1.82) is 0 Å². The largest absolute Gasteiger partial charge is 0.383 e. The molecule has 1 unspecified atom stereocenters. The molecule has 0 radical (unpaired) electrons. The molecule has 2 aromatic heterocycles. The summed E-state index contributed by atoms with van der Waals surface area (Å²) in [6.45, 7) is 0.0440. The van der Waals surface area contributed by atoms with Crippen molar-refractivity contribution in [2.45, 2.75) is 6.04 Å². The smallest absolute Gasteiger partial charge is 0.324 e. The summed E-state index contributed by atoms with van der Waals surface area (Å²) in [6, 6.07) is 6.30. The number of aromatic amines is 1. The molecule has 7 nitrogen and oxygen atoms in total. The molecule has 4 aromatic rings. The standard InChI is InChI=1S/C22H17F3N6O/c1-30-18(14-6-11(23)2-5-16(14)24)9-31(22(30)32)12-3-4-13(17(25)7-12)15-8-27-21-19(15)20(26)28-10-29-21/h2-8,10,18H,9H2,1H3,(H3,26,27,28,29). The molecule has 162 valence electrons. The molecule has 0 spiro atoms. The van der Waals surface area contributed by atoms with Gasteiger partial charge in [0.2, 0.25) is 0 Å². The summed E-state index contributed by atoms with van der Waals surface area (Å²) in [6.07, 6.45) is 2.90. The van der Waals surface area contributed by atoms with Gasteiger partial charge < -0.3 is 15.6 Å². The Bertz CT molecular complexity index is 1370. The van der Waals surface area contributed by atoms with Gasteiger partial charge in [0.25, 0.3) is 0 Å². The van der Waals surface area contributed by atoms with E-state index in [9.17, 15) is 13.6 Å². The van der Waals surface area contributed by atoms with Crippen LogP contribution in [-0.2, 0) is 0 Å². The van der Waals surface area contributed by atoms with Gasteiger partial charge in [0.1, 0.15) is 35.2 Å². The van der Waals surface area contributed by atoms with E-state index in [4.69, 9.17) is 5.73 Å². The van der Waals surface area contributed by atoms with Crippen molar-refractivity contribution in [1.82, 2.24) is 19.9 Å². The monoisotopic (exact) mass is 438 g/mol. The SMILES string of the molecule is CN1C(=O)N(c2ccc(-c3c[nH]c4ncnc(N)c34)c(F)c2)CC1c1cc(F)ccc1F. The summed E-state index contributed by atoms with van der Waals surface area (Å²) in [4.78, 5) is 26.4. The van der Waals surface area contributed by atoms with Crippen molar-refractivity contribution < 1.29 is 18.0 Å². The van der Waals surface area contributed by atoms with Crippen molar-refractivity contribution in [3.8, 4) is 11.1 Å². The van der Waals surface area contributed by atoms with Crippen LogP contribution in [-0.4, -0.2) is 39.5 Å².